The molecule has 1 N–H and O–H groups in total. The fourth-order valence-electron chi connectivity index (χ4n) is 3.43. The summed E-state index contributed by atoms with van der Waals surface area (Å²) in [6, 6.07) is 26.2. The predicted molar refractivity (Wildman–Crippen MR) is 135 cm³/mol. The van der Waals surface area contributed by atoms with E-state index in [0.29, 0.717) is 29.4 Å². The lowest BCUT2D eigenvalue weighted by Gasteiger charge is -2.08. The van der Waals surface area contributed by atoms with Crippen LogP contribution in [0.3, 0.4) is 0 Å². The minimum absolute atomic E-state index is 0.0577. The SMILES string of the molecule is Cc1ccc([N+](=O)[O-])cc1-c1ccc(/C=C(\C#N)C(=O)Nc2ccc(OCc3ccccc3)cc2)o1. The zero-order valence-corrected chi connectivity index (χ0v) is 19.3. The summed E-state index contributed by atoms with van der Waals surface area (Å²) < 4.78 is 11.5. The van der Waals surface area contributed by atoms with Crippen LogP contribution in [-0.4, -0.2) is 10.8 Å². The third kappa shape index (κ3) is 5.85. The Bertz CT molecular complexity index is 1470. The lowest BCUT2D eigenvalue weighted by molar-refractivity contribution is -0.384. The van der Waals surface area contributed by atoms with Crippen LogP contribution in [0.5, 0.6) is 5.75 Å². The van der Waals surface area contributed by atoms with Crippen LogP contribution in [0.1, 0.15) is 16.9 Å². The van der Waals surface area contributed by atoms with Gasteiger partial charge in [-0.1, -0.05) is 36.4 Å². The summed E-state index contributed by atoms with van der Waals surface area (Å²) in [5.74, 6) is 0.714. The highest BCUT2D eigenvalue weighted by molar-refractivity contribution is 6.09. The second-order valence-electron chi connectivity index (χ2n) is 7.88. The van der Waals surface area contributed by atoms with E-state index in [2.05, 4.69) is 5.32 Å². The van der Waals surface area contributed by atoms with E-state index in [1.165, 1.54) is 18.2 Å². The largest absolute Gasteiger partial charge is 0.489 e. The number of amides is 1. The monoisotopic (exact) mass is 479 g/mol. The highest BCUT2D eigenvalue weighted by Crippen LogP contribution is 2.30. The topological polar surface area (TPSA) is 118 Å². The van der Waals surface area contributed by atoms with Gasteiger partial charge in [0, 0.05) is 29.5 Å². The molecule has 3 aromatic carbocycles. The second-order valence-corrected chi connectivity index (χ2v) is 7.88. The van der Waals surface area contributed by atoms with E-state index in [1.54, 1.807) is 42.5 Å². The number of nitro benzene ring substituents is 1. The molecule has 1 amide bonds. The summed E-state index contributed by atoms with van der Waals surface area (Å²) in [6.45, 7) is 2.23. The van der Waals surface area contributed by atoms with Gasteiger partial charge in [-0.05, 0) is 54.4 Å². The number of hydrogen-bond acceptors (Lipinski definition) is 6. The van der Waals surface area contributed by atoms with Gasteiger partial charge in [0.25, 0.3) is 11.6 Å². The van der Waals surface area contributed by atoms with Gasteiger partial charge in [-0.3, -0.25) is 14.9 Å². The standard InChI is InChI=1S/C28H21N3O5/c1-19-7-10-23(31(33)34)16-26(19)27-14-13-25(36-27)15-21(17-29)28(32)30-22-8-11-24(12-9-22)35-18-20-5-3-2-4-6-20/h2-16H,18H2,1H3,(H,30,32)/b21-15+. The van der Waals surface area contributed by atoms with Gasteiger partial charge in [0.2, 0.25) is 0 Å². The molecule has 0 aliphatic rings. The molecule has 0 unspecified atom stereocenters. The van der Waals surface area contributed by atoms with Crippen molar-refractivity contribution in [2.45, 2.75) is 13.5 Å². The van der Waals surface area contributed by atoms with Crippen LogP contribution in [0, 0.1) is 28.4 Å². The number of nitriles is 1. The molecular weight excluding hydrogens is 458 g/mol. The van der Waals surface area contributed by atoms with E-state index in [-0.39, 0.29) is 17.0 Å². The van der Waals surface area contributed by atoms with Crippen molar-refractivity contribution in [3.63, 3.8) is 0 Å². The number of nitrogens with one attached hydrogen (secondary N) is 1. The number of nitrogens with zero attached hydrogens (tertiary/aromatic N) is 2. The molecule has 1 heterocycles. The zero-order chi connectivity index (χ0) is 25.5. The van der Waals surface area contributed by atoms with Crippen molar-refractivity contribution in [1.82, 2.24) is 0 Å². The van der Waals surface area contributed by atoms with Crippen LogP contribution in [0.25, 0.3) is 17.4 Å². The molecule has 8 nitrogen and oxygen atoms in total. The molecule has 36 heavy (non-hydrogen) atoms. The summed E-state index contributed by atoms with van der Waals surface area (Å²) in [4.78, 5) is 23.3. The molecule has 8 heteroatoms. The van der Waals surface area contributed by atoms with Gasteiger partial charge in [0.1, 0.15) is 35.5 Å². The summed E-state index contributed by atoms with van der Waals surface area (Å²) in [7, 11) is 0. The highest BCUT2D eigenvalue weighted by Gasteiger charge is 2.15. The molecule has 0 bridgehead atoms. The molecule has 0 fully saturated rings. The first-order valence-corrected chi connectivity index (χ1v) is 11.0. The minimum Gasteiger partial charge on any atom is -0.489 e. The highest BCUT2D eigenvalue weighted by atomic mass is 16.6. The fraction of sp³-hybridized carbons (Fsp3) is 0.0714. The molecule has 4 aromatic rings. The van der Waals surface area contributed by atoms with E-state index < -0.39 is 10.8 Å². The second kappa shape index (κ2) is 10.8. The van der Waals surface area contributed by atoms with Gasteiger partial charge in [-0.2, -0.15) is 5.26 Å². The number of aryl methyl sites for hydroxylation is 1. The number of ether oxygens (including phenoxy) is 1. The molecule has 0 aliphatic carbocycles. The van der Waals surface area contributed by atoms with Crippen LogP contribution in [0.4, 0.5) is 11.4 Å². The van der Waals surface area contributed by atoms with Gasteiger partial charge in [-0.15, -0.1) is 0 Å². The molecule has 0 saturated heterocycles. The Morgan fingerprint density at radius 3 is 2.53 bits per heavy atom. The van der Waals surface area contributed by atoms with Crippen molar-refractivity contribution in [3.05, 3.63) is 118 Å². The molecule has 0 spiro atoms. The lowest BCUT2D eigenvalue weighted by atomic mass is 10.1. The van der Waals surface area contributed by atoms with E-state index in [1.807, 2.05) is 43.3 Å². The first-order chi connectivity index (χ1) is 17.4. The number of non-ortho nitro benzene ring substituents is 1. The molecule has 178 valence electrons. The summed E-state index contributed by atoms with van der Waals surface area (Å²) in [5.41, 5.74) is 2.68. The quantitative estimate of drug-likeness (QED) is 0.137. The normalized spacial score (nSPS) is 10.9. The maximum absolute atomic E-state index is 12.6. The molecule has 0 atom stereocenters. The third-order valence-corrected chi connectivity index (χ3v) is 5.34. The van der Waals surface area contributed by atoms with Crippen LogP contribution in [0.15, 0.2) is 94.9 Å². The number of carbonyl (C=O) groups excluding carboxylic acids is 1. The molecule has 0 radical (unpaired) electrons. The summed E-state index contributed by atoms with van der Waals surface area (Å²) >= 11 is 0. The smallest absolute Gasteiger partial charge is 0.270 e. The first-order valence-electron chi connectivity index (χ1n) is 11.0. The van der Waals surface area contributed by atoms with E-state index in [9.17, 15) is 20.2 Å². The third-order valence-electron chi connectivity index (χ3n) is 5.34. The van der Waals surface area contributed by atoms with Gasteiger partial charge >= 0.3 is 0 Å². The number of anilines is 1. The average molecular weight is 479 g/mol. The fourth-order valence-corrected chi connectivity index (χ4v) is 3.43. The van der Waals surface area contributed by atoms with E-state index in [0.717, 1.165) is 11.1 Å². The Morgan fingerprint density at radius 2 is 1.83 bits per heavy atom. The number of hydrogen-bond donors (Lipinski definition) is 1. The van der Waals surface area contributed by atoms with Crippen molar-refractivity contribution in [2.75, 3.05) is 5.32 Å². The Labute approximate surface area is 207 Å². The van der Waals surface area contributed by atoms with E-state index >= 15 is 0 Å². The number of furan rings is 1. The van der Waals surface area contributed by atoms with Crippen molar-refractivity contribution in [3.8, 4) is 23.1 Å². The number of benzene rings is 3. The summed E-state index contributed by atoms with van der Waals surface area (Å²) in [5, 5.41) is 23.3. The lowest BCUT2D eigenvalue weighted by Crippen LogP contribution is -2.13. The molecule has 1 aromatic heterocycles. The zero-order valence-electron chi connectivity index (χ0n) is 19.3. The first kappa shape index (κ1) is 24.0. The van der Waals surface area contributed by atoms with Crippen LogP contribution >= 0.6 is 0 Å². The van der Waals surface area contributed by atoms with Gasteiger partial charge in [0.15, 0.2) is 0 Å². The molecule has 0 saturated carbocycles. The maximum Gasteiger partial charge on any atom is 0.270 e. The molecular formula is C28H21N3O5. The minimum atomic E-state index is -0.597. The van der Waals surface area contributed by atoms with Crippen molar-refractivity contribution in [1.29, 1.82) is 5.26 Å². The van der Waals surface area contributed by atoms with Crippen molar-refractivity contribution in [2.24, 2.45) is 0 Å². The van der Waals surface area contributed by atoms with Gasteiger partial charge < -0.3 is 14.5 Å². The summed E-state index contributed by atoms with van der Waals surface area (Å²) in [6.07, 6.45) is 1.32. The molecule has 4 rings (SSSR count). The Balaban J connectivity index is 1.43. The maximum atomic E-state index is 12.6. The van der Waals surface area contributed by atoms with Crippen LogP contribution in [0.2, 0.25) is 0 Å². The van der Waals surface area contributed by atoms with Crippen molar-refractivity contribution < 1.29 is 18.9 Å². The number of carbonyl (C=O) groups is 1. The van der Waals surface area contributed by atoms with Gasteiger partial charge in [-0.25, -0.2) is 0 Å². The van der Waals surface area contributed by atoms with Crippen molar-refractivity contribution >= 4 is 23.4 Å². The molecule has 0 aliphatic heterocycles. The van der Waals surface area contributed by atoms with Crippen LogP contribution < -0.4 is 10.1 Å². The number of rotatable bonds is 8. The predicted octanol–water partition coefficient (Wildman–Crippen LogP) is 6.29. The Morgan fingerprint density at radius 1 is 1.08 bits per heavy atom. The van der Waals surface area contributed by atoms with Crippen LogP contribution in [-0.2, 0) is 11.4 Å². The van der Waals surface area contributed by atoms with E-state index in [4.69, 9.17) is 9.15 Å². The Hall–Kier alpha value is -5.16. The average Bonchev–Trinajstić information content (AvgIpc) is 3.36. The number of nitro groups is 1. The Kier molecular flexibility index (Phi) is 7.22. The van der Waals surface area contributed by atoms with Gasteiger partial charge in [0.05, 0.1) is 4.92 Å².